The van der Waals surface area contributed by atoms with E-state index in [9.17, 15) is 4.79 Å². The van der Waals surface area contributed by atoms with Crippen LogP contribution in [0.1, 0.15) is 15.9 Å². The third kappa shape index (κ3) is 5.00. The van der Waals surface area contributed by atoms with Crippen molar-refractivity contribution in [2.24, 2.45) is 10.2 Å². The molecule has 0 aliphatic heterocycles. The van der Waals surface area contributed by atoms with Crippen molar-refractivity contribution in [1.29, 1.82) is 21.0 Å². The number of nitrogens with zero attached hydrogens (tertiary/aromatic N) is 6. The first-order chi connectivity index (χ1) is 13.6. The van der Waals surface area contributed by atoms with Crippen molar-refractivity contribution >= 4 is 28.6 Å². The number of benzene rings is 2. The van der Waals surface area contributed by atoms with E-state index in [4.69, 9.17) is 21.0 Å². The fraction of sp³-hybridized carbons (Fsp3) is 0. The van der Waals surface area contributed by atoms with Crippen LogP contribution in [0.15, 0.2) is 58.7 Å². The van der Waals surface area contributed by atoms with Crippen LogP contribution in [0.2, 0.25) is 0 Å². The van der Waals surface area contributed by atoms with E-state index in [0.29, 0.717) is 22.5 Å². The number of ketones is 1. The van der Waals surface area contributed by atoms with Crippen molar-refractivity contribution in [2.45, 2.75) is 0 Å². The van der Waals surface area contributed by atoms with Crippen LogP contribution in [0.3, 0.4) is 0 Å². The highest BCUT2D eigenvalue weighted by atomic mass is 16.1. The van der Waals surface area contributed by atoms with Gasteiger partial charge in [0.2, 0.25) is 11.4 Å². The summed E-state index contributed by atoms with van der Waals surface area (Å²) in [5.41, 5.74) is 6.40. The van der Waals surface area contributed by atoms with Gasteiger partial charge in [-0.1, -0.05) is 0 Å². The molecule has 0 radical (unpaired) electrons. The average Bonchev–Trinajstić information content (AvgIpc) is 2.75. The lowest BCUT2D eigenvalue weighted by Crippen LogP contribution is -2.02. The monoisotopic (exact) mass is 366 g/mol. The lowest BCUT2D eigenvalue weighted by atomic mass is 10.0. The number of nitrogens with one attached hydrogen (secondary N) is 2. The first-order valence-corrected chi connectivity index (χ1v) is 7.64. The summed E-state index contributed by atoms with van der Waals surface area (Å²) in [6.07, 6.45) is 0. The van der Waals surface area contributed by atoms with Crippen LogP contribution < -0.4 is 10.9 Å². The summed E-state index contributed by atoms with van der Waals surface area (Å²) in [5, 5.41) is 41.7. The SMILES string of the molecule is N#CC(C#N)=NNc1ccc(C(=O)c2ccc(NN=C(C#N)C#N)cc2)cc1. The molecule has 0 fully saturated rings. The second-order valence-electron chi connectivity index (χ2n) is 5.08. The highest BCUT2D eigenvalue weighted by molar-refractivity contribution is 6.11. The third-order valence-corrected chi connectivity index (χ3v) is 3.31. The predicted molar refractivity (Wildman–Crippen MR) is 101 cm³/mol. The Hall–Kier alpha value is -4.99. The van der Waals surface area contributed by atoms with Gasteiger partial charge in [0.05, 0.1) is 11.4 Å². The molecule has 9 nitrogen and oxygen atoms in total. The van der Waals surface area contributed by atoms with E-state index in [1.807, 2.05) is 0 Å². The molecule has 9 heteroatoms. The van der Waals surface area contributed by atoms with Crippen LogP contribution in [0.4, 0.5) is 11.4 Å². The van der Waals surface area contributed by atoms with E-state index >= 15 is 0 Å². The van der Waals surface area contributed by atoms with Gasteiger partial charge in [-0.2, -0.15) is 31.3 Å². The Morgan fingerprint density at radius 2 is 0.964 bits per heavy atom. The van der Waals surface area contributed by atoms with Crippen LogP contribution in [0.5, 0.6) is 0 Å². The lowest BCUT2D eigenvalue weighted by Gasteiger charge is -2.05. The Kier molecular flexibility index (Phi) is 6.55. The zero-order valence-corrected chi connectivity index (χ0v) is 14.2. The van der Waals surface area contributed by atoms with E-state index in [2.05, 4.69) is 21.1 Å². The Balaban J connectivity index is 2.08. The lowest BCUT2D eigenvalue weighted by molar-refractivity contribution is 0.103. The molecule has 0 atom stereocenters. The maximum Gasteiger partial charge on any atom is 0.237 e. The Morgan fingerprint density at radius 1 is 0.643 bits per heavy atom. The molecule has 0 saturated carbocycles. The van der Waals surface area contributed by atoms with Gasteiger partial charge in [0.1, 0.15) is 24.3 Å². The Bertz CT molecular complexity index is 980. The fourth-order valence-corrected chi connectivity index (χ4v) is 1.95. The van der Waals surface area contributed by atoms with Crippen molar-refractivity contribution in [3.63, 3.8) is 0 Å². The van der Waals surface area contributed by atoms with E-state index in [1.165, 1.54) is 0 Å². The summed E-state index contributed by atoms with van der Waals surface area (Å²) in [5.74, 6) is -0.213. The smallest absolute Gasteiger partial charge is 0.237 e. The van der Waals surface area contributed by atoms with Gasteiger partial charge in [-0.3, -0.25) is 15.6 Å². The van der Waals surface area contributed by atoms with Gasteiger partial charge < -0.3 is 0 Å². The Labute approximate surface area is 160 Å². The molecular weight excluding hydrogens is 356 g/mol. The van der Waals surface area contributed by atoms with Gasteiger partial charge in [0, 0.05) is 11.1 Å². The van der Waals surface area contributed by atoms with E-state index in [0.717, 1.165) is 0 Å². The van der Waals surface area contributed by atoms with Gasteiger partial charge in [0.15, 0.2) is 5.78 Å². The van der Waals surface area contributed by atoms with Gasteiger partial charge in [0.25, 0.3) is 0 Å². The summed E-state index contributed by atoms with van der Waals surface area (Å²) in [6.45, 7) is 0. The molecule has 0 unspecified atom stereocenters. The maximum atomic E-state index is 12.5. The molecule has 28 heavy (non-hydrogen) atoms. The van der Waals surface area contributed by atoms with Gasteiger partial charge in [-0.25, -0.2) is 0 Å². The molecule has 2 N–H and O–H groups in total. The molecule has 0 bridgehead atoms. The number of hydrogen-bond acceptors (Lipinski definition) is 9. The largest absolute Gasteiger partial charge is 0.289 e. The molecule has 0 amide bonds. The summed E-state index contributed by atoms with van der Waals surface area (Å²) >= 11 is 0. The van der Waals surface area contributed by atoms with Crippen molar-refractivity contribution in [2.75, 3.05) is 10.9 Å². The normalized spacial score (nSPS) is 8.71. The predicted octanol–water partition coefficient (Wildman–Crippen LogP) is 2.55. The first-order valence-electron chi connectivity index (χ1n) is 7.64. The minimum absolute atomic E-state index is 0.213. The number of carbonyl (C=O) groups is 1. The van der Waals surface area contributed by atoms with Crippen LogP contribution in [-0.2, 0) is 0 Å². The average molecular weight is 366 g/mol. The zero-order chi connectivity index (χ0) is 20.4. The topological polar surface area (TPSA) is 161 Å². The van der Waals surface area contributed by atoms with Gasteiger partial charge >= 0.3 is 0 Å². The molecule has 132 valence electrons. The molecule has 2 aromatic rings. The number of carbonyl (C=O) groups excluding carboxylic acids is 1. The molecular formula is C19H10N8O. The van der Waals surface area contributed by atoms with Crippen molar-refractivity contribution in [3.8, 4) is 24.3 Å². The number of hydrogen-bond donors (Lipinski definition) is 2. The molecule has 0 saturated heterocycles. The number of hydrazone groups is 2. The minimum Gasteiger partial charge on any atom is -0.289 e. The molecule has 2 aromatic carbocycles. The standard InChI is InChI=1S/C19H10N8O/c20-9-17(10-21)26-24-15-5-1-13(2-6-15)19(28)14-3-7-16(8-4-14)25-27-18(11-22)12-23/h1-8,24-25H. The highest BCUT2D eigenvalue weighted by Gasteiger charge is 2.09. The summed E-state index contributed by atoms with van der Waals surface area (Å²) < 4.78 is 0. The summed E-state index contributed by atoms with van der Waals surface area (Å²) in [4.78, 5) is 12.5. The van der Waals surface area contributed by atoms with Crippen molar-refractivity contribution in [3.05, 3.63) is 59.7 Å². The molecule has 0 aromatic heterocycles. The van der Waals surface area contributed by atoms with Crippen LogP contribution in [0, 0.1) is 45.3 Å². The highest BCUT2D eigenvalue weighted by Crippen LogP contribution is 2.16. The second-order valence-corrected chi connectivity index (χ2v) is 5.08. The summed E-state index contributed by atoms with van der Waals surface area (Å²) in [6, 6.07) is 19.2. The Morgan fingerprint density at radius 3 is 1.25 bits per heavy atom. The quantitative estimate of drug-likeness (QED) is 0.451. The summed E-state index contributed by atoms with van der Waals surface area (Å²) in [7, 11) is 0. The third-order valence-electron chi connectivity index (χ3n) is 3.31. The molecule has 2 rings (SSSR count). The van der Waals surface area contributed by atoms with Crippen LogP contribution >= 0.6 is 0 Å². The first kappa shape index (κ1) is 19.3. The van der Waals surface area contributed by atoms with E-state index in [-0.39, 0.29) is 17.2 Å². The van der Waals surface area contributed by atoms with Crippen LogP contribution in [0.25, 0.3) is 0 Å². The number of rotatable bonds is 6. The molecule has 0 aliphatic rings. The number of nitriles is 4. The zero-order valence-electron chi connectivity index (χ0n) is 14.2. The number of anilines is 2. The van der Waals surface area contributed by atoms with Crippen molar-refractivity contribution in [1.82, 2.24) is 0 Å². The minimum atomic E-state index is -0.310. The van der Waals surface area contributed by atoms with Crippen LogP contribution in [-0.4, -0.2) is 17.2 Å². The second kappa shape index (κ2) is 9.48. The maximum absolute atomic E-state index is 12.5. The van der Waals surface area contributed by atoms with E-state index in [1.54, 1.807) is 72.8 Å². The molecule has 0 heterocycles. The molecule has 0 spiro atoms. The van der Waals surface area contributed by atoms with Gasteiger partial charge in [-0.05, 0) is 48.5 Å². The molecule has 0 aliphatic carbocycles. The van der Waals surface area contributed by atoms with Gasteiger partial charge in [-0.15, -0.1) is 0 Å². The van der Waals surface area contributed by atoms with E-state index < -0.39 is 0 Å². The fourth-order valence-electron chi connectivity index (χ4n) is 1.95. The van der Waals surface area contributed by atoms with Crippen molar-refractivity contribution < 1.29 is 4.79 Å².